The summed E-state index contributed by atoms with van der Waals surface area (Å²) in [5.74, 6) is 0. The summed E-state index contributed by atoms with van der Waals surface area (Å²) >= 11 is 0. The molecule has 3 rings (SSSR count). The van der Waals surface area contributed by atoms with E-state index in [1.807, 2.05) is 12.5 Å². The van der Waals surface area contributed by atoms with Gasteiger partial charge in [0.1, 0.15) is 0 Å². The second-order valence-corrected chi connectivity index (χ2v) is 6.32. The van der Waals surface area contributed by atoms with E-state index in [0.717, 1.165) is 12.6 Å². The van der Waals surface area contributed by atoms with E-state index >= 15 is 0 Å². The highest BCUT2D eigenvalue weighted by Crippen LogP contribution is 2.24. The zero-order valence-corrected chi connectivity index (χ0v) is 12.6. The Morgan fingerprint density at radius 3 is 2.65 bits per heavy atom. The smallest absolute Gasteiger partial charge is 0.0945 e. The Labute approximate surface area is 122 Å². The van der Waals surface area contributed by atoms with Gasteiger partial charge in [-0.15, -0.1) is 0 Å². The first kappa shape index (κ1) is 14.1. The molecule has 0 atom stereocenters. The van der Waals surface area contributed by atoms with E-state index in [2.05, 4.69) is 25.5 Å². The van der Waals surface area contributed by atoms with Gasteiger partial charge in [-0.2, -0.15) is 0 Å². The number of aromatic nitrogens is 2. The summed E-state index contributed by atoms with van der Waals surface area (Å²) in [6, 6.07) is 0.904. The molecule has 4 nitrogen and oxygen atoms in total. The summed E-state index contributed by atoms with van der Waals surface area (Å²) in [5, 5.41) is 0. The molecule has 2 heterocycles. The van der Waals surface area contributed by atoms with Crippen LogP contribution in [0, 0.1) is 0 Å². The number of hydrogen-bond donors (Lipinski definition) is 0. The van der Waals surface area contributed by atoms with Crippen molar-refractivity contribution in [1.82, 2.24) is 19.4 Å². The molecule has 112 valence electrons. The quantitative estimate of drug-likeness (QED) is 0.824. The van der Waals surface area contributed by atoms with Gasteiger partial charge in [-0.25, -0.2) is 4.98 Å². The molecule has 0 N–H and O–H groups in total. The molecule has 0 spiro atoms. The maximum atomic E-state index is 4.10. The lowest BCUT2D eigenvalue weighted by Gasteiger charge is -2.27. The standard InChI is InChI=1S/C16H28N4/c1-2-6-16(5-1)20-11-4-9-18(13-14-20)8-3-10-19-12-7-17-15-19/h7,12,15-16H,1-6,8-11,13-14H2. The monoisotopic (exact) mass is 276 g/mol. The molecule has 1 aromatic heterocycles. The number of aryl methyl sites for hydroxylation is 1. The molecule has 1 saturated carbocycles. The minimum atomic E-state index is 0.904. The van der Waals surface area contributed by atoms with E-state index in [0.29, 0.717) is 0 Å². The Morgan fingerprint density at radius 1 is 0.950 bits per heavy atom. The molecule has 1 aliphatic carbocycles. The molecular formula is C16H28N4. The average Bonchev–Trinajstić information content (AvgIpc) is 3.11. The molecule has 1 saturated heterocycles. The lowest BCUT2D eigenvalue weighted by atomic mass is 10.2. The Morgan fingerprint density at radius 2 is 1.85 bits per heavy atom. The first-order chi connectivity index (χ1) is 9.92. The van der Waals surface area contributed by atoms with Crippen LogP contribution in [-0.4, -0.2) is 58.1 Å². The molecule has 20 heavy (non-hydrogen) atoms. The third-order valence-electron chi connectivity index (χ3n) is 4.91. The molecule has 0 bridgehead atoms. The highest BCUT2D eigenvalue weighted by atomic mass is 15.2. The summed E-state index contributed by atoms with van der Waals surface area (Å²) < 4.78 is 2.18. The highest BCUT2D eigenvalue weighted by Gasteiger charge is 2.24. The highest BCUT2D eigenvalue weighted by molar-refractivity contribution is 4.80. The molecule has 0 amide bonds. The minimum absolute atomic E-state index is 0.904. The van der Waals surface area contributed by atoms with Gasteiger partial charge in [0.05, 0.1) is 6.33 Å². The largest absolute Gasteiger partial charge is 0.337 e. The van der Waals surface area contributed by atoms with Gasteiger partial charge in [-0.05, 0) is 45.3 Å². The van der Waals surface area contributed by atoms with E-state index in [1.54, 1.807) is 0 Å². The minimum Gasteiger partial charge on any atom is -0.337 e. The number of rotatable bonds is 5. The van der Waals surface area contributed by atoms with E-state index in [4.69, 9.17) is 0 Å². The van der Waals surface area contributed by atoms with Crippen LogP contribution in [-0.2, 0) is 6.54 Å². The van der Waals surface area contributed by atoms with Crippen molar-refractivity contribution in [2.24, 2.45) is 0 Å². The SMILES string of the molecule is c1cn(CCCN2CCCN(C3CCCC3)CC2)cn1. The van der Waals surface area contributed by atoms with Crippen molar-refractivity contribution in [2.75, 3.05) is 32.7 Å². The summed E-state index contributed by atoms with van der Waals surface area (Å²) in [4.78, 5) is 9.52. The first-order valence-corrected chi connectivity index (χ1v) is 8.34. The van der Waals surface area contributed by atoms with Gasteiger partial charge in [0.25, 0.3) is 0 Å². The van der Waals surface area contributed by atoms with Gasteiger partial charge < -0.3 is 9.47 Å². The molecule has 0 unspecified atom stereocenters. The summed E-state index contributed by atoms with van der Waals surface area (Å²) in [5.41, 5.74) is 0. The molecule has 0 aromatic carbocycles. The van der Waals surface area contributed by atoms with Gasteiger partial charge in [0.15, 0.2) is 0 Å². The maximum absolute atomic E-state index is 4.10. The zero-order valence-electron chi connectivity index (χ0n) is 12.6. The van der Waals surface area contributed by atoms with Crippen LogP contribution in [0.15, 0.2) is 18.7 Å². The molecule has 2 fully saturated rings. The van der Waals surface area contributed by atoms with Crippen molar-refractivity contribution in [3.8, 4) is 0 Å². The van der Waals surface area contributed by atoms with E-state index in [9.17, 15) is 0 Å². The third-order valence-corrected chi connectivity index (χ3v) is 4.91. The molecular weight excluding hydrogens is 248 g/mol. The van der Waals surface area contributed by atoms with Crippen LogP contribution in [0.5, 0.6) is 0 Å². The van der Waals surface area contributed by atoms with Crippen molar-refractivity contribution in [1.29, 1.82) is 0 Å². The van der Waals surface area contributed by atoms with Crippen LogP contribution < -0.4 is 0 Å². The van der Waals surface area contributed by atoms with Gasteiger partial charge >= 0.3 is 0 Å². The molecule has 2 aliphatic rings. The Bertz CT molecular complexity index is 370. The topological polar surface area (TPSA) is 24.3 Å². The van der Waals surface area contributed by atoms with Crippen molar-refractivity contribution in [3.05, 3.63) is 18.7 Å². The average molecular weight is 276 g/mol. The van der Waals surface area contributed by atoms with Crippen molar-refractivity contribution in [3.63, 3.8) is 0 Å². The summed E-state index contributed by atoms with van der Waals surface area (Å²) in [6.45, 7) is 7.49. The van der Waals surface area contributed by atoms with E-state index in [1.165, 1.54) is 71.2 Å². The number of hydrogen-bond acceptors (Lipinski definition) is 3. The van der Waals surface area contributed by atoms with E-state index < -0.39 is 0 Å². The molecule has 1 aliphatic heterocycles. The van der Waals surface area contributed by atoms with Crippen LogP contribution in [0.4, 0.5) is 0 Å². The van der Waals surface area contributed by atoms with Crippen molar-refractivity contribution in [2.45, 2.75) is 51.1 Å². The zero-order chi connectivity index (χ0) is 13.6. The number of nitrogens with zero attached hydrogens (tertiary/aromatic N) is 4. The first-order valence-electron chi connectivity index (χ1n) is 8.34. The summed E-state index contributed by atoms with van der Waals surface area (Å²) in [7, 11) is 0. The molecule has 1 aromatic rings. The lowest BCUT2D eigenvalue weighted by Crippen LogP contribution is -2.37. The van der Waals surface area contributed by atoms with Crippen LogP contribution in [0.25, 0.3) is 0 Å². The van der Waals surface area contributed by atoms with E-state index in [-0.39, 0.29) is 0 Å². The fourth-order valence-electron chi connectivity index (χ4n) is 3.74. The van der Waals surface area contributed by atoms with Crippen LogP contribution >= 0.6 is 0 Å². The molecule has 4 heteroatoms. The second-order valence-electron chi connectivity index (χ2n) is 6.32. The predicted octanol–water partition coefficient (Wildman–Crippen LogP) is 2.22. The van der Waals surface area contributed by atoms with Gasteiger partial charge in [-0.1, -0.05) is 12.8 Å². The van der Waals surface area contributed by atoms with Gasteiger partial charge in [0.2, 0.25) is 0 Å². The van der Waals surface area contributed by atoms with Crippen LogP contribution in [0.1, 0.15) is 38.5 Å². The lowest BCUT2D eigenvalue weighted by molar-refractivity contribution is 0.199. The van der Waals surface area contributed by atoms with Crippen molar-refractivity contribution >= 4 is 0 Å². The Kier molecular flexibility index (Phi) is 5.09. The third kappa shape index (κ3) is 3.83. The van der Waals surface area contributed by atoms with Gasteiger partial charge in [0, 0.05) is 38.1 Å². The van der Waals surface area contributed by atoms with Crippen LogP contribution in [0.3, 0.4) is 0 Å². The second kappa shape index (κ2) is 7.23. The normalized spacial score (nSPS) is 23.2. The fraction of sp³-hybridized carbons (Fsp3) is 0.812. The van der Waals surface area contributed by atoms with Crippen LogP contribution in [0.2, 0.25) is 0 Å². The Hall–Kier alpha value is -0.870. The molecule has 0 radical (unpaired) electrons. The fourth-order valence-corrected chi connectivity index (χ4v) is 3.74. The summed E-state index contributed by atoms with van der Waals surface area (Å²) in [6.07, 6.45) is 14.2. The Balaban J connectivity index is 1.38. The van der Waals surface area contributed by atoms with Crippen molar-refractivity contribution < 1.29 is 0 Å². The number of imidazole rings is 1. The van der Waals surface area contributed by atoms with Gasteiger partial charge in [-0.3, -0.25) is 4.90 Å². The maximum Gasteiger partial charge on any atom is 0.0945 e. The predicted molar refractivity (Wildman–Crippen MR) is 81.7 cm³/mol.